The molecule has 1 fully saturated rings. The minimum Gasteiger partial charge on any atom is -0.473 e. The maximum atomic E-state index is 12.2. The quantitative estimate of drug-likeness (QED) is 0.803. The van der Waals surface area contributed by atoms with Crippen LogP contribution in [0.15, 0.2) is 65.6 Å². The molecular weight excluding hydrogens is 262 g/mol. The highest BCUT2D eigenvalue weighted by Crippen LogP contribution is 2.30. The Morgan fingerprint density at radius 3 is 2.16 bits per heavy atom. The monoisotopic (exact) mass is 275 g/mol. The van der Waals surface area contributed by atoms with Crippen LogP contribution in [-0.4, -0.2) is 25.5 Å². The van der Waals surface area contributed by atoms with Crippen LogP contribution in [0.5, 0.6) is 5.75 Å². The number of hydrogen-bond acceptors (Lipinski definition) is 3. The van der Waals surface area contributed by atoms with Crippen molar-refractivity contribution in [2.45, 2.75) is 11.1 Å². The minimum absolute atomic E-state index is 0.300. The second kappa shape index (κ2) is 4.68. The molecule has 2 aromatic carbocycles. The summed E-state index contributed by atoms with van der Waals surface area (Å²) in [5, 5.41) is 0. The number of hydrogen-bond donors (Lipinski definition) is 0. The van der Waals surface area contributed by atoms with E-state index in [1.54, 1.807) is 30.3 Å². The predicted octanol–water partition coefficient (Wildman–Crippen LogP) is 2.10. The molecule has 1 aliphatic heterocycles. The molecule has 98 valence electrons. The first-order valence-corrected chi connectivity index (χ1v) is 7.40. The van der Waals surface area contributed by atoms with E-state index in [1.165, 1.54) is 4.31 Å². The molecule has 0 amide bonds. The van der Waals surface area contributed by atoms with Crippen molar-refractivity contribution in [2.24, 2.45) is 0 Å². The fourth-order valence-corrected chi connectivity index (χ4v) is 3.29. The third-order valence-corrected chi connectivity index (χ3v) is 4.76. The van der Waals surface area contributed by atoms with E-state index in [9.17, 15) is 8.42 Å². The van der Waals surface area contributed by atoms with Gasteiger partial charge >= 0.3 is 0 Å². The smallest absolute Gasteiger partial charge is 0.246 e. The lowest BCUT2D eigenvalue weighted by atomic mass is 10.3. The Labute approximate surface area is 112 Å². The lowest BCUT2D eigenvalue weighted by molar-refractivity contribution is 0.269. The van der Waals surface area contributed by atoms with Crippen LogP contribution in [0.3, 0.4) is 0 Å². The standard InChI is InChI=1S/C14H13NO3S/c16-19(17,13-9-5-2-6-10-13)15-11-14(15)18-12-7-3-1-4-8-12/h1-10,14H,11H2. The van der Waals surface area contributed by atoms with Crippen molar-refractivity contribution in [3.63, 3.8) is 0 Å². The van der Waals surface area contributed by atoms with Gasteiger partial charge in [0.05, 0.1) is 11.4 Å². The van der Waals surface area contributed by atoms with Crippen molar-refractivity contribution < 1.29 is 13.2 Å². The summed E-state index contributed by atoms with van der Waals surface area (Å²) in [6, 6.07) is 17.6. The molecule has 2 unspecified atom stereocenters. The molecule has 0 saturated carbocycles. The van der Waals surface area contributed by atoms with Gasteiger partial charge in [-0.3, -0.25) is 0 Å². The van der Waals surface area contributed by atoms with Gasteiger partial charge in [0.15, 0.2) is 6.23 Å². The van der Waals surface area contributed by atoms with Crippen LogP contribution in [0.1, 0.15) is 0 Å². The van der Waals surface area contributed by atoms with Crippen LogP contribution in [-0.2, 0) is 10.0 Å². The molecule has 0 bridgehead atoms. The minimum atomic E-state index is -3.43. The van der Waals surface area contributed by atoms with Gasteiger partial charge < -0.3 is 4.74 Å². The molecular formula is C14H13NO3S. The largest absolute Gasteiger partial charge is 0.473 e. The van der Waals surface area contributed by atoms with Crippen LogP contribution in [0.2, 0.25) is 0 Å². The van der Waals surface area contributed by atoms with E-state index in [0.717, 1.165) is 0 Å². The summed E-state index contributed by atoms with van der Waals surface area (Å²) in [6.45, 7) is 0.395. The highest BCUT2D eigenvalue weighted by molar-refractivity contribution is 7.89. The Morgan fingerprint density at radius 1 is 0.947 bits per heavy atom. The van der Waals surface area contributed by atoms with Crippen LogP contribution in [0, 0.1) is 0 Å². The van der Waals surface area contributed by atoms with Crippen molar-refractivity contribution in [3.05, 3.63) is 60.7 Å². The molecule has 0 spiro atoms. The molecule has 0 aliphatic carbocycles. The Kier molecular flexibility index (Phi) is 3.00. The molecule has 1 heterocycles. The fourth-order valence-electron chi connectivity index (χ4n) is 1.84. The van der Waals surface area contributed by atoms with E-state index in [0.29, 0.717) is 17.2 Å². The third-order valence-electron chi connectivity index (χ3n) is 2.89. The lowest BCUT2D eigenvalue weighted by Crippen LogP contribution is -2.17. The summed E-state index contributed by atoms with van der Waals surface area (Å²) in [5.41, 5.74) is 0. The van der Waals surface area contributed by atoms with Crippen LogP contribution in [0.4, 0.5) is 0 Å². The molecule has 0 N–H and O–H groups in total. The van der Waals surface area contributed by atoms with Gasteiger partial charge in [0.1, 0.15) is 5.75 Å². The Morgan fingerprint density at radius 2 is 1.53 bits per heavy atom. The molecule has 19 heavy (non-hydrogen) atoms. The average molecular weight is 275 g/mol. The van der Waals surface area contributed by atoms with Crippen molar-refractivity contribution in [2.75, 3.05) is 6.54 Å². The van der Waals surface area contributed by atoms with Gasteiger partial charge in [-0.05, 0) is 24.3 Å². The van der Waals surface area contributed by atoms with E-state index >= 15 is 0 Å². The first kappa shape index (κ1) is 12.2. The maximum absolute atomic E-state index is 12.2. The van der Waals surface area contributed by atoms with Crippen LogP contribution in [0.25, 0.3) is 0 Å². The SMILES string of the molecule is O=S(=O)(c1ccccc1)N1CC1Oc1ccccc1. The van der Waals surface area contributed by atoms with Gasteiger partial charge in [0.25, 0.3) is 0 Å². The van der Waals surface area contributed by atoms with E-state index in [2.05, 4.69) is 0 Å². The van der Waals surface area contributed by atoms with Gasteiger partial charge in [0.2, 0.25) is 10.0 Å². The average Bonchev–Trinajstić information content (AvgIpc) is 3.21. The Hall–Kier alpha value is -1.85. The molecule has 1 aliphatic rings. The van der Waals surface area contributed by atoms with E-state index < -0.39 is 16.3 Å². The number of para-hydroxylation sites is 1. The molecule has 2 atom stereocenters. The van der Waals surface area contributed by atoms with Gasteiger partial charge in [-0.25, -0.2) is 8.42 Å². The molecule has 5 heteroatoms. The molecule has 3 rings (SSSR count). The fraction of sp³-hybridized carbons (Fsp3) is 0.143. The molecule has 4 nitrogen and oxygen atoms in total. The predicted molar refractivity (Wildman–Crippen MR) is 71.2 cm³/mol. The summed E-state index contributed by atoms with van der Waals surface area (Å²) in [5.74, 6) is 0.679. The zero-order valence-electron chi connectivity index (χ0n) is 10.1. The molecule has 2 aromatic rings. The van der Waals surface area contributed by atoms with Gasteiger partial charge in [-0.15, -0.1) is 0 Å². The first-order chi connectivity index (χ1) is 9.18. The number of sulfonamides is 1. The Balaban J connectivity index is 1.73. The molecule has 1 saturated heterocycles. The highest BCUT2D eigenvalue weighted by atomic mass is 32.2. The summed E-state index contributed by atoms with van der Waals surface area (Å²) in [7, 11) is -3.43. The highest BCUT2D eigenvalue weighted by Gasteiger charge is 2.46. The summed E-state index contributed by atoms with van der Waals surface area (Å²) in [4.78, 5) is 0.300. The number of benzene rings is 2. The normalized spacial score (nSPS) is 21.9. The van der Waals surface area contributed by atoms with Gasteiger partial charge in [-0.1, -0.05) is 36.4 Å². The zero-order valence-corrected chi connectivity index (χ0v) is 11.0. The van der Waals surface area contributed by atoms with Crippen molar-refractivity contribution in [1.82, 2.24) is 4.31 Å². The third kappa shape index (κ3) is 2.47. The van der Waals surface area contributed by atoms with E-state index in [-0.39, 0.29) is 0 Å². The van der Waals surface area contributed by atoms with E-state index in [4.69, 9.17) is 4.74 Å². The zero-order chi connectivity index (χ0) is 13.3. The summed E-state index contributed by atoms with van der Waals surface area (Å²) < 4.78 is 31.4. The van der Waals surface area contributed by atoms with Gasteiger partial charge in [0, 0.05) is 0 Å². The van der Waals surface area contributed by atoms with Crippen LogP contribution < -0.4 is 4.74 Å². The maximum Gasteiger partial charge on any atom is 0.246 e. The number of ether oxygens (including phenoxy) is 1. The second-order valence-corrected chi connectivity index (χ2v) is 6.16. The summed E-state index contributed by atoms with van der Waals surface area (Å²) in [6.07, 6.45) is -0.396. The lowest BCUT2D eigenvalue weighted by Gasteiger charge is -2.07. The summed E-state index contributed by atoms with van der Waals surface area (Å²) >= 11 is 0. The molecule has 0 aromatic heterocycles. The van der Waals surface area contributed by atoms with Crippen molar-refractivity contribution in [3.8, 4) is 5.75 Å². The second-order valence-electron chi connectivity index (χ2n) is 4.27. The first-order valence-electron chi connectivity index (χ1n) is 5.96. The van der Waals surface area contributed by atoms with Crippen molar-refractivity contribution in [1.29, 1.82) is 0 Å². The number of rotatable bonds is 4. The Bertz CT molecular complexity index is 656. The number of nitrogens with zero attached hydrogens (tertiary/aromatic N) is 1. The topological polar surface area (TPSA) is 46.4 Å². The molecule has 0 radical (unpaired) electrons. The van der Waals surface area contributed by atoms with E-state index in [1.807, 2.05) is 30.3 Å². The van der Waals surface area contributed by atoms with Crippen LogP contribution >= 0.6 is 0 Å². The van der Waals surface area contributed by atoms with Gasteiger partial charge in [-0.2, -0.15) is 4.31 Å². The van der Waals surface area contributed by atoms with Crippen molar-refractivity contribution >= 4 is 10.0 Å².